The number of benzene rings is 1. The summed E-state index contributed by atoms with van der Waals surface area (Å²) in [4.78, 5) is 12.6. The van der Waals surface area contributed by atoms with Crippen molar-refractivity contribution in [2.75, 3.05) is 13.1 Å². The standard InChI is InChI=1S/C17H19BrN2O/c18-15-5-2-1-4-13(15)12-17(21)16-6-3-11-20(16)14-7-9-19-10-8-14/h1-6,11,14,19H,7-10,12H2. The maximum absolute atomic E-state index is 12.6. The SMILES string of the molecule is O=C(Cc1ccccc1Br)c1cccn1C1CCNCC1. The van der Waals surface area contributed by atoms with Crippen LogP contribution in [0.5, 0.6) is 0 Å². The van der Waals surface area contributed by atoms with Gasteiger partial charge in [-0.2, -0.15) is 0 Å². The lowest BCUT2D eigenvalue weighted by Gasteiger charge is -2.26. The summed E-state index contributed by atoms with van der Waals surface area (Å²) in [7, 11) is 0. The fraction of sp³-hybridized carbons (Fsp3) is 0.353. The topological polar surface area (TPSA) is 34.0 Å². The fourth-order valence-corrected chi connectivity index (χ4v) is 3.36. The van der Waals surface area contributed by atoms with Gasteiger partial charge in [0.15, 0.2) is 5.78 Å². The third-order valence-corrected chi connectivity index (χ3v) is 4.85. The average Bonchev–Trinajstić information content (AvgIpc) is 3.00. The first-order chi connectivity index (χ1) is 10.3. The zero-order chi connectivity index (χ0) is 14.7. The van der Waals surface area contributed by atoms with Crippen molar-refractivity contribution >= 4 is 21.7 Å². The highest BCUT2D eigenvalue weighted by molar-refractivity contribution is 9.10. The maximum Gasteiger partial charge on any atom is 0.183 e. The van der Waals surface area contributed by atoms with Crippen LogP contribution in [-0.4, -0.2) is 23.4 Å². The number of nitrogens with one attached hydrogen (secondary N) is 1. The quantitative estimate of drug-likeness (QED) is 0.858. The minimum absolute atomic E-state index is 0.186. The van der Waals surface area contributed by atoms with Gasteiger partial charge in [-0.05, 0) is 49.7 Å². The Bertz CT molecular complexity index is 629. The van der Waals surface area contributed by atoms with Crippen LogP contribution in [0.15, 0.2) is 47.1 Å². The van der Waals surface area contributed by atoms with E-state index in [1.54, 1.807) is 0 Å². The predicted molar refractivity (Wildman–Crippen MR) is 87.7 cm³/mol. The summed E-state index contributed by atoms with van der Waals surface area (Å²) < 4.78 is 3.17. The summed E-state index contributed by atoms with van der Waals surface area (Å²) in [6, 6.07) is 12.3. The Morgan fingerprint density at radius 3 is 2.71 bits per heavy atom. The van der Waals surface area contributed by atoms with Crippen molar-refractivity contribution in [3.05, 3.63) is 58.3 Å². The second-order valence-electron chi connectivity index (χ2n) is 5.47. The van der Waals surface area contributed by atoms with Gasteiger partial charge in [0.1, 0.15) is 0 Å². The predicted octanol–water partition coefficient (Wildman–Crippen LogP) is 3.60. The average molecular weight is 347 g/mol. The zero-order valence-corrected chi connectivity index (χ0v) is 13.5. The lowest BCUT2D eigenvalue weighted by molar-refractivity contribution is 0.0980. The van der Waals surface area contributed by atoms with Gasteiger partial charge in [-0.3, -0.25) is 4.79 Å². The Labute approximate surface area is 133 Å². The summed E-state index contributed by atoms with van der Waals surface area (Å²) in [6.45, 7) is 2.06. The number of Topliss-reactive ketones (excluding diaryl/α,β-unsaturated/α-hetero) is 1. The molecule has 1 fully saturated rings. The number of piperidine rings is 1. The van der Waals surface area contributed by atoms with Crippen molar-refractivity contribution in [3.8, 4) is 0 Å². The van der Waals surface area contributed by atoms with Gasteiger partial charge < -0.3 is 9.88 Å². The van der Waals surface area contributed by atoms with E-state index in [-0.39, 0.29) is 5.78 Å². The van der Waals surface area contributed by atoms with E-state index < -0.39 is 0 Å². The van der Waals surface area contributed by atoms with E-state index in [4.69, 9.17) is 0 Å². The molecule has 0 atom stereocenters. The molecule has 3 rings (SSSR count). The van der Waals surface area contributed by atoms with E-state index in [9.17, 15) is 4.79 Å². The smallest absolute Gasteiger partial charge is 0.183 e. The monoisotopic (exact) mass is 346 g/mol. The van der Waals surface area contributed by atoms with Gasteiger partial charge >= 0.3 is 0 Å². The molecule has 4 heteroatoms. The zero-order valence-electron chi connectivity index (χ0n) is 11.9. The number of hydrogen-bond acceptors (Lipinski definition) is 2. The highest BCUT2D eigenvalue weighted by Gasteiger charge is 2.20. The molecular formula is C17H19BrN2O. The molecule has 21 heavy (non-hydrogen) atoms. The minimum atomic E-state index is 0.186. The normalized spacial score (nSPS) is 16.0. The van der Waals surface area contributed by atoms with Crippen molar-refractivity contribution in [1.82, 2.24) is 9.88 Å². The Hall–Kier alpha value is -1.39. The van der Waals surface area contributed by atoms with Gasteiger partial charge in [0.05, 0.1) is 5.69 Å². The van der Waals surface area contributed by atoms with Gasteiger partial charge in [0.25, 0.3) is 0 Å². The summed E-state index contributed by atoms with van der Waals surface area (Å²) in [5.74, 6) is 0.186. The number of nitrogens with zero attached hydrogens (tertiary/aromatic N) is 1. The van der Waals surface area contributed by atoms with Crippen molar-refractivity contribution in [1.29, 1.82) is 0 Å². The summed E-state index contributed by atoms with van der Waals surface area (Å²) in [5.41, 5.74) is 1.87. The molecule has 1 aliphatic heterocycles. The van der Waals surface area contributed by atoms with E-state index in [2.05, 4.69) is 25.8 Å². The van der Waals surface area contributed by atoms with Crippen molar-refractivity contribution < 1.29 is 4.79 Å². The van der Waals surface area contributed by atoms with Crippen LogP contribution in [-0.2, 0) is 6.42 Å². The van der Waals surface area contributed by atoms with Crippen molar-refractivity contribution in [3.63, 3.8) is 0 Å². The second-order valence-corrected chi connectivity index (χ2v) is 6.33. The molecule has 0 radical (unpaired) electrons. The minimum Gasteiger partial charge on any atom is -0.342 e. The first kappa shape index (κ1) is 14.5. The van der Waals surface area contributed by atoms with Gasteiger partial charge in [-0.25, -0.2) is 0 Å². The Morgan fingerprint density at radius 1 is 1.19 bits per heavy atom. The Kier molecular flexibility index (Phi) is 4.56. The lowest BCUT2D eigenvalue weighted by Crippen LogP contribution is -2.30. The van der Waals surface area contributed by atoms with Crippen LogP contribution in [0, 0.1) is 0 Å². The number of halogens is 1. The third kappa shape index (κ3) is 3.27. The van der Waals surface area contributed by atoms with Gasteiger partial charge in [-0.1, -0.05) is 34.1 Å². The molecule has 0 aliphatic carbocycles. The molecule has 0 unspecified atom stereocenters. The molecule has 3 nitrogen and oxygen atoms in total. The van der Waals surface area contributed by atoms with Crippen LogP contribution < -0.4 is 5.32 Å². The molecule has 0 bridgehead atoms. The first-order valence-electron chi connectivity index (χ1n) is 7.40. The molecule has 1 saturated heterocycles. The Morgan fingerprint density at radius 2 is 1.95 bits per heavy atom. The molecule has 1 aromatic heterocycles. The highest BCUT2D eigenvalue weighted by atomic mass is 79.9. The van der Waals surface area contributed by atoms with Crippen LogP contribution in [0.1, 0.15) is 34.9 Å². The van der Waals surface area contributed by atoms with Gasteiger partial charge in [0, 0.05) is 23.1 Å². The lowest BCUT2D eigenvalue weighted by atomic mass is 10.0. The summed E-state index contributed by atoms with van der Waals surface area (Å²) in [6.07, 6.45) is 4.66. The number of carbonyl (C=O) groups excluding carboxylic acids is 1. The molecule has 110 valence electrons. The molecule has 0 saturated carbocycles. The molecule has 0 spiro atoms. The van der Waals surface area contributed by atoms with Crippen LogP contribution in [0.3, 0.4) is 0 Å². The van der Waals surface area contributed by atoms with E-state index in [0.29, 0.717) is 12.5 Å². The Balaban J connectivity index is 1.79. The number of hydrogen-bond donors (Lipinski definition) is 1. The number of rotatable bonds is 4. The molecule has 2 aromatic rings. The van der Waals surface area contributed by atoms with Gasteiger partial charge in [0.2, 0.25) is 0 Å². The van der Waals surface area contributed by atoms with E-state index in [1.165, 1.54) is 0 Å². The molecular weight excluding hydrogens is 328 g/mol. The highest BCUT2D eigenvalue weighted by Crippen LogP contribution is 2.23. The largest absolute Gasteiger partial charge is 0.342 e. The molecule has 2 heterocycles. The van der Waals surface area contributed by atoms with Crippen LogP contribution in [0.4, 0.5) is 0 Å². The summed E-state index contributed by atoms with van der Waals surface area (Å²) >= 11 is 3.52. The van der Waals surface area contributed by atoms with E-state index in [0.717, 1.165) is 41.7 Å². The maximum atomic E-state index is 12.6. The van der Waals surface area contributed by atoms with Crippen LogP contribution in [0.25, 0.3) is 0 Å². The number of carbonyl (C=O) groups is 1. The number of ketones is 1. The molecule has 1 aliphatic rings. The van der Waals surface area contributed by atoms with Crippen molar-refractivity contribution in [2.24, 2.45) is 0 Å². The molecule has 1 aromatic carbocycles. The van der Waals surface area contributed by atoms with Crippen LogP contribution >= 0.6 is 15.9 Å². The number of aromatic nitrogens is 1. The molecule has 0 amide bonds. The van der Waals surface area contributed by atoms with Crippen molar-refractivity contribution in [2.45, 2.75) is 25.3 Å². The summed E-state index contributed by atoms with van der Waals surface area (Å²) in [5, 5.41) is 3.37. The first-order valence-corrected chi connectivity index (χ1v) is 8.19. The van der Waals surface area contributed by atoms with Gasteiger partial charge in [-0.15, -0.1) is 0 Å². The second kappa shape index (κ2) is 6.58. The molecule has 1 N–H and O–H groups in total. The van der Waals surface area contributed by atoms with Crippen LogP contribution in [0.2, 0.25) is 0 Å². The fourth-order valence-electron chi connectivity index (χ4n) is 2.94. The van der Waals surface area contributed by atoms with E-state index >= 15 is 0 Å². The van der Waals surface area contributed by atoms with E-state index in [1.807, 2.05) is 42.6 Å². The third-order valence-electron chi connectivity index (χ3n) is 4.08.